The minimum atomic E-state index is -4.32. The normalized spacial score (nSPS) is 18.0. The van der Waals surface area contributed by atoms with Gasteiger partial charge in [0.2, 0.25) is 0 Å². The van der Waals surface area contributed by atoms with E-state index in [4.69, 9.17) is 5.10 Å². The fourth-order valence-corrected chi connectivity index (χ4v) is 4.98. The van der Waals surface area contributed by atoms with Crippen molar-refractivity contribution in [2.75, 3.05) is 25.0 Å². The average Bonchev–Trinajstić information content (AvgIpc) is 3.57. The molecule has 8 nitrogen and oxygen atoms in total. The Morgan fingerprint density at radius 2 is 1.74 bits per heavy atom. The summed E-state index contributed by atoms with van der Waals surface area (Å²) in [5.41, 5.74) is 3.83. The van der Waals surface area contributed by atoms with Gasteiger partial charge in [-0.2, -0.15) is 23.4 Å². The zero-order valence-electron chi connectivity index (χ0n) is 21.0. The zero-order valence-corrected chi connectivity index (χ0v) is 21.0. The summed E-state index contributed by atoms with van der Waals surface area (Å²) in [5, 5.41) is 14.8. The van der Waals surface area contributed by atoms with Crippen molar-refractivity contribution in [1.82, 2.24) is 29.8 Å². The minimum absolute atomic E-state index is 0.0877. The minimum Gasteiger partial charge on any atom is -0.333 e. The van der Waals surface area contributed by atoms with Gasteiger partial charge in [0.25, 0.3) is 0 Å². The van der Waals surface area contributed by atoms with Crippen LogP contribution in [0.25, 0.3) is 16.9 Å². The summed E-state index contributed by atoms with van der Waals surface area (Å²) in [6, 6.07) is 17.7. The smallest absolute Gasteiger partial charge is 0.333 e. The lowest BCUT2D eigenvalue weighted by atomic mass is 9.94. The second kappa shape index (κ2) is 10.3. The molecule has 0 saturated carbocycles. The molecule has 0 bridgehead atoms. The summed E-state index contributed by atoms with van der Waals surface area (Å²) in [6.45, 7) is 1.12. The molecule has 2 atom stereocenters. The largest absolute Gasteiger partial charge is 0.401 e. The summed E-state index contributed by atoms with van der Waals surface area (Å²) in [5.74, 6) is 0.185. The fourth-order valence-electron chi connectivity index (χ4n) is 4.98. The van der Waals surface area contributed by atoms with Gasteiger partial charge in [-0.05, 0) is 24.6 Å². The van der Waals surface area contributed by atoms with Crippen molar-refractivity contribution in [2.24, 2.45) is 7.05 Å². The summed E-state index contributed by atoms with van der Waals surface area (Å²) in [6.07, 6.45) is -0.778. The van der Waals surface area contributed by atoms with Crippen molar-refractivity contribution in [2.45, 2.75) is 25.1 Å². The molecule has 2 aromatic heterocycles. The van der Waals surface area contributed by atoms with Crippen molar-refractivity contribution < 1.29 is 18.0 Å². The lowest BCUT2D eigenvalue weighted by molar-refractivity contribution is -0.143. The third kappa shape index (κ3) is 5.57. The molecular weight excluding hydrogens is 495 g/mol. The first-order valence-corrected chi connectivity index (χ1v) is 12.2. The van der Waals surface area contributed by atoms with Crippen molar-refractivity contribution in [3.05, 3.63) is 84.2 Å². The predicted octanol–water partition coefficient (Wildman–Crippen LogP) is 4.73. The first-order chi connectivity index (χ1) is 18.2. The Morgan fingerprint density at radius 1 is 1.05 bits per heavy atom. The van der Waals surface area contributed by atoms with Gasteiger partial charge in [-0.15, -0.1) is 0 Å². The van der Waals surface area contributed by atoms with E-state index < -0.39 is 24.8 Å². The number of carbonyl (C=O) groups excluding carboxylic acids is 1. The van der Waals surface area contributed by atoms with Crippen LogP contribution in [0, 0.1) is 6.92 Å². The molecule has 38 heavy (non-hydrogen) atoms. The molecule has 198 valence electrons. The molecule has 4 aromatic rings. The molecule has 1 saturated heterocycles. The molecule has 2 unspecified atom stereocenters. The maximum Gasteiger partial charge on any atom is 0.401 e. The molecule has 0 spiro atoms. The molecule has 3 heterocycles. The van der Waals surface area contributed by atoms with Gasteiger partial charge in [0, 0.05) is 43.4 Å². The van der Waals surface area contributed by atoms with E-state index in [0.717, 1.165) is 22.4 Å². The van der Waals surface area contributed by atoms with Crippen molar-refractivity contribution in [1.29, 1.82) is 0 Å². The molecule has 2 aromatic carbocycles. The first-order valence-electron chi connectivity index (χ1n) is 12.2. The Hall–Kier alpha value is -4.12. The lowest BCUT2D eigenvalue weighted by Gasteiger charge is -2.21. The van der Waals surface area contributed by atoms with Crippen LogP contribution in [0.4, 0.5) is 23.8 Å². The van der Waals surface area contributed by atoms with Crippen LogP contribution in [0.1, 0.15) is 17.0 Å². The van der Waals surface area contributed by atoms with Gasteiger partial charge >= 0.3 is 12.2 Å². The Bertz CT molecular complexity index is 1400. The van der Waals surface area contributed by atoms with Crippen LogP contribution in [0.5, 0.6) is 0 Å². The molecule has 1 aliphatic heterocycles. The molecule has 2 N–H and O–H groups in total. The number of nitrogens with one attached hydrogen (secondary N) is 2. The summed E-state index contributed by atoms with van der Waals surface area (Å²) in [7, 11) is 1.81. The Morgan fingerprint density at radius 3 is 2.37 bits per heavy atom. The molecular formula is C27H28F3N7O. The number of hydrogen-bond donors (Lipinski definition) is 2. The van der Waals surface area contributed by atoms with Crippen LogP contribution in [0.15, 0.2) is 73.1 Å². The molecule has 1 aliphatic rings. The van der Waals surface area contributed by atoms with E-state index in [1.54, 1.807) is 15.6 Å². The average molecular weight is 524 g/mol. The summed E-state index contributed by atoms with van der Waals surface area (Å²) in [4.78, 5) is 14.6. The van der Waals surface area contributed by atoms with Gasteiger partial charge in [0.1, 0.15) is 11.5 Å². The molecule has 11 heteroatoms. The number of nitrogens with zero attached hydrogens (tertiary/aromatic N) is 5. The second-order valence-electron chi connectivity index (χ2n) is 9.50. The molecule has 0 aliphatic carbocycles. The van der Waals surface area contributed by atoms with E-state index in [-0.39, 0.29) is 19.0 Å². The molecule has 0 radical (unpaired) electrons. The van der Waals surface area contributed by atoms with E-state index in [1.165, 1.54) is 4.90 Å². The number of benzene rings is 2. The second-order valence-corrected chi connectivity index (χ2v) is 9.50. The Balaban J connectivity index is 1.42. The van der Waals surface area contributed by atoms with Crippen LogP contribution < -0.4 is 10.6 Å². The highest BCUT2D eigenvalue weighted by molar-refractivity contribution is 5.91. The first kappa shape index (κ1) is 25.5. The Kier molecular flexibility index (Phi) is 6.94. The zero-order chi connectivity index (χ0) is 26.9. The van der Waals surface area contributed by atoms with Gasteiger partial charge in [0.15, 0.2) is 0 Å². The van der Waals surface area contributed by atoms with Crippen molar-refractivity contribution in [3.63, 3.8) is 0 Å². The van der Waals surface area contributed by atoms with Crippen molar-refractivity contribution >= 4 is 11.8 Å². The number of aryl methyl sites for hydroxylation is 1. The van der Waals surface area contributed by atoms with E-state index in [2.05, 4.69) is 15.7 Å². The van der Waals surface area contributed by atoms with Gasteiger partial charge in [-0.1, -0.05) is 48.5 Å². The third-order valence-electron chi connectivity index (χ3n) is 6.68. The highest BCUT2D eigenvalue weighted by atomic mass is 19.4. The number of likely N-dealkylation sites (tertiary alicyclic amines) is 1. The predicted molar refractivity (Wildman–Crippen MR) is 138 cm³/mol. The van der Waals surface area contributed by atoms with Crippen molar-refractivity contribution in [3.8, 4) is 16.9 Å². The van der Waals surface area contributed by atoms with Crippen LogP contribution in [-0.4, -0.2) is 62.3 Å². The topological polar surface area (TPSA) is 80.0 Å². The number of urea groups is 1. The van der Waals surface area contributed by atoms with Crippen LogP contribution in [0.3, 0.4) is 0 Å². The monoisotopic (exact) mass is 523 g/mol. The number of rotatable bonds is 6. The number of halogens is 3. The quantitative estimate of drug-likeness (QED) is 0.383. The number of carbonyl (C=O) groups is 1. The third-order valence-corrected chi connectivity index (χ3v) is 6.68. The van der Waals surface area contributed by atoms with Gasteiger partial charge in [0.05, 0.1) is 24.5 Å². The van der Waals surface area contributed by atoms with Gasteiger partial charge < -0.3 is 5.32 Å². The van der Waals surface area contributed by atoms with Crippen LogP contribution in [0.2, 0.25) is 0 Å². The van der Waals surface area contributed by atoms with E-state index >= 15 is 0 Å². The number of alkyl halides is 3. The van der Waals surface area contributed by atoms with Gasteiger partial charge in [-0.3, -0.25) is 14.9 Å². The number of anilines is 1. The maximum atomic E-state index is 13.3. The summed E-state index contributed by atoms with van der Waals surface area (Å²) >= 11 is 0. The van der Waals surface area contributed by atoms with E-state index in [1.807, 2.05) is 80.8 Å². The number of para-hydroxylation sites is 1. The number of amides is 2. The fraction of sp³-hybridized carbons (Fsp3) is 0.296. The highest BCUT2D eigenvalue weighted by Crippen LogP contribution is 2.32. The number of hydrogen-bond acceptors (Lipinski definition) is 4. The summed E-state index contributed by atoms with van der Waals surface area (Å²) < 4.78 is 42.8. The van der Waals surface area contributed by atoms with E-state index in [9.17, 15) is 18.0 Å². The van der Waals surface area contributed by atoms with Gasteiger partial charge in [-0.25, -0.2) is 9.48 Å². The van der Waals surface area contributed by atoms with Crippen LogP contribution >= 0.6 is 0 Å². The number of aromatic nitrogens is 4. The lowest BCUT2D eigenvalue weighted by Crippen LogP contribution is -2.43. The molecule has 1 fully saturated rings. The standard InChI is InChI=1S/C27H28F3N7O/c1-18-24(20-13-31-35(2)14-20)34-37(21-11-7-4-8-12-21)25(18)33-26(38)32-23-16-36(17-27(28,29)30)15-22(23)19-9-5-3-6-10-19/h3-14,22-23H,15-17H2,1-2H3,(H2,32,33,38). The molecule has 2 amide bonds. The molecule has 5 rings (SSSR count). The SMILES string of the molecule is Cc1c(-c2cnn(C)c2)nn(-c2ccccc2)c1NC(=O)NC1CN(CC(F)(F)F)CC1c1ccccc1. The van der Waals surface area contributed by atoms with Crippen LogP contribution in [-0.2, 0) is 7.05 Å². The maximum absolute atomic E-state index is 13.3. The highest BCUT2D eigenvalue weighted by Gasteiger charge is 2.40. The van der Waals surface area contributed by atoms with E-state index in [0.29, 0.717) is 11.5 Å². The Labute approximate surface area is 218 Å².